The van der Waals surface area contributed by atoms with Crippen LogP contribution in [0.25, 0.3) is 0 Å². The van der Waals surface area contributed by atoms with E-state index in [-0.39, 0.29) is 23.8 Å². The Balaban J connectivity index is 1.44. The van der Waals surface area contributed by atoms with Gasteiger partial charge in [-0.3, -0.25) is 4.79 Å². The van der Waals surface area contributed by atoms with E-state index < -0.39 is 0 Å². The predicted molar refractivity (Wildman–Crippen MR) is 115 cm³/mol. The molecule has 5 heteroatoms. The van der Waals surface area contributed by atoms with Crippen molar-refractivity contribution in [2.24, 2.45) is 5.92 Å². The van der Waals surface area contributed by atoms with Crippen molar-refractivity contribution in [3.8, 4) is 11.5 Å². The molecule has 2 aromatic rings. The second-order valence-electron chi connectivity index (χ2n) is 8.06. The molecule has 0 aromatic heterocycles. The molecule has 1 saturated heterocycles. The maximum Gasteiger partial charge on any atom is 0.224 e. The Morgan fingerprint density at radius 1 is 1.07 bits per heavy atom. The van der Waals surface area contributed by atoms with Crippen molar-refractivity contribution >= 4 is 11.6 Å². The van der Waals surface area contributed by atoms with Crippen LogP contribution < -0.4 is 20.1 Å². The van der Waals surface area contributed by atoms with Crippen LogP contribution in [0, 0.1) is 5.92 Å². The Hall–Kier alpha value is -2.69. The number of rotatable bonds is 7. The van der Waals surface area contributed by atoms with Crippen molar-refractivity contribution in [2.75, 3.05) is 25.5 Å². The van der Waals surface area contributed by atoms with Gasteiger partial charge >= 0.3 is 0 Å². The van der Waals surface area contributed by atoms with Gasteiger partial charge in [-0.15, -0.1) is 0 Å². The quantitative estimate of drug-likeness (QED) is 0.733. The van der Waals surface area contributed by atoms with Gasteiger partial charge in [0.25, 0.3) is 0 Å². The van der Waals surface area contributed by atoms with Gasteiger partial charge in [-0.25, -0.2) is 0 Å². The van der Waals surface area contributed by atoms with Crippen molar-refractivity contribution in [2.45, 2.75) is 44.1 Å². The second-order valence-corrected chi connectivity index (χ2v) is 8.06. The number of carbonyl (C=O) groups is 1. The number of para-hydroxylation sites is 1. The number of hydrogen-bond donors (Lipinski definition) is 2. The molecular weight excluding hydrogens is 364 g/mol. The summed E-state index contributed by atoms with van der Waals surface area (Å²) in [7, 11) is 1.68. The fraction of sp³-hybridized carbons (Fsp3) is 0.458. The molecule has 1 aliphatic carbocycles. The first-order chi connectivity index (χ1) is 14.2. The van der Waals surface area contributed by atoms with E-state index in [0.717, 1.165) is 36.4 Å². The molecule has 154 valence electrons. The highest BCUT2D eigenvalue weighted by Crippen LogP contribution is 2.36. The highest BCUT2D eigenvalue weighted by Gasteiger charge is 2.30. The van der Waals surface area contributed by atoms with E-state index >= 15 is 0 Å². The summed E-state index contributed by atoms with van der Waals surface area (Å²) in [6.45, 7) is 1.30. The summed E-state index contributed by atoms with van der Waals surface area (Å²) in [6, 6.07) is 16.2. The average Bonchev–Trinajstić information content (AvgIpc) is 3.27. The van der Waals surface area contributed by atoms with Crippen LogP contribution in [0.5, 0.6) is 11.5 Å². The maximum atomic E-state index is 12.4. The van der Waals surface area contributed by atoms with Gasteiger partial charge in [-0.05, 0) is 61.9 Å². The zero-order valence-corrected chi connectivity index (χ0v) is 17.0. The molecule has 2 N–H and O–H groups in total. The van der Waals surface area contributed by atoms with Crippen LogP contribution in [0.3, 0.4) is 0 Å². The van der Waals surface area contributed by atoms with Crippen LogP contribution in [-0.2, 0) is 4.79 Å². The van der Waals surface area contributed by atoms with Crippen LogP contribution in [-0.4, -0.2) is 32.2 Å². The molecule has 0 spiro atoms. The lowest BCUT2D eigenvalue weighted by molar-refractivity contribution is -0.126. The molecule has 1 aliphatic heterocycles. The summed E-state index contributed by atoms with van der Waals surface area (Å²) >= 11 is 0. The first-order valence-electron chi connectivity index (χ1n) is 10.6. The van der Waals surface area contributed by atoms with Gasteiger partial charge in [-0.1, -0.05) is 24.3 Å². The molecular formula is C24H30N2O3. The SMILES string of the molecule is COc1ccc([C@H]2CNC(=O)[C@H](CNc3ccccc3)C2)cc1OC1CCCC1. The third-order valence-electron chi connectivity index (χ3n) is 6.04. The lowest BCUT2D eigenvalue weighted by Crippen LogP contribution is -2.43. The summed E-state index contributed by atoms with van der Waals surface area (Å²) in [5.41, 5.74) is 2.24. The Bertz CT molecular complexity index is 818. The Morgan fingerprint density at radius 2 is 1.86 bits per heavy atom. The van der Waals surface area contributed by atoms with Crippen LogP contribution in [0.1, 0.15) is 43.6 Å². The van der Waals surface area contributed by atoms with Crippen LogP contribution >= 0.6 is 0 Å². The maximum absolute atomic E-state index is 12.4. The molecule has 0 bridgehead atoms. The van der Waals surface area contributed by atoms with Gasteiger partial charge in [0.05, 0.1) is 19.1 Å². The highest BCUT2D eigenvalue weighted by atomic mass is 16.5. The zero-order chi connectivity index (χ0) is 20.1. The number of anilines is 1. The molecule has 1 heterocycles. The molecule has 0 unspecified atom stereocenters. The van der Waals surface area contributed by atoms with E-state index in [4.69, 9.17) is 9.47 Å². The fourth-order valence-corrected chi connectivity index (χ4v) is 4.35. The van der Waals surface area contributed by atoms with Crippen LogP contribution in [0.2, 0.25) is 0 Å². The average molecular weight is 395 g/mol. The standard InChI is InChI=1S/C24H30N2O3/c1-28-22-12-11-17(14-23(22)29-21-9-5-6-10-21)18-13-19(24(27)26-15-18)16-25-20-7-3-2-4-8-20/h2-4,7-8,11-12,14,18-19,21,25H,5-6,9-10,13,15-16H2,1H3,(H,26,27)/t18-,19+/m1/s1. The number of carbonyl (C=O) groups excluding carboxylic acids is 1. The number of ether oxygens (including phenoxy) is 2. The van der Waals surface area contributed by atoms with Gasteiger partial charge in [0.1, 0.15) is 0 Å². The predicted octanol–water partition coefficient (Wildman–Crippen LogP) is 4.35. The summed E-state index contributed by atoms with van der Waals surface area (Å²) in [4.78, 5) is 12.4. The lowest BCUT2D eigenvalue weighted by Gasteiger charge is -2.30. The molecule has 2 aliphatic rings. The molecule has 2 fully saturated rings. The lowest BCUT2D eigenvalue weighted by atomic mass is 9.85. The Morgan fingerprint density at radius 3 is 2.62 bits per heavy atom. The summed E-state index contributed by atoms with van der Waals surface area (Å²) < 4.78 is 11.8. The number of piperidine rings is 1. The van der Waals surface area contributed by atoms with Crippen molar-refractivity contribution in [1.82, 2.24) is 5.32 Å². The van der Waals surface area contributed by atoms with Crippen molar-refractivity contribution in [3.63, 3.8) is 0 Å². The summed E-state index contributed by atoms with van der Waals surface area (Å²) in [6.07, 6.45) is 5.80. The Kier molecular flexibility index (Phi) is 6.23. The topological polar surface area (TPSA) is 59.6 Å². The molecule has 2 atom stereocenters. The Labute approximate surface area is 172 Å². The first-order valence-corrected chi connectivity index (χ1v) is 10.6. The van der Waals surface area contributed by atoms with Gasteiger partial charge in [0.2, 0.25) is 5.91 Å². The van der Waals surface area contributed by atoms with E-state index in [9.17, 15) is 4.79 Å². The molecule has 4 rings (SSSR count). The second kappa shape index (κ2) is 9.21. The van der Waals surface area contributed by atoms with Crippen molar-refractivity contribution < 1.29 is 14.3 Å². The molecule has 1 saturated carbocycles. The van der Waals surface area contributed by atoms with Gasteiger partial charge in [-0.2, -0.15) is 0 Å². The minimum absolute atomic E-state index is 0.0599. The zero-order valence-electron chi connectivity index (χ0n) is 17.0. The van der Waals surface area contributed by atoms with E-state index in [0.29, 0.717) is 13.1 Å². The van der Waals surface area contributed by atoms with E-state index in [1.807, 2.05) is 36.4 Å². The van der Waals surface area contributed by atoms with Gasteiger partial charge in [0, 0.05) is 24.7 Å². The van der Waals surface area contributed by atoms with Crippen LogP contribution in [0.15, 0.2) is 48.5 Å². The van der Waals surface area contributed by atoms with Crippen molar-refractivity contribution in [1.29, 1.82) is 0 Å². The molecule has 5 nitrogen and oxygen atoms in total. The summed E-state index contributed by atoms with van der Waals surface area (Å²) in [5.74, 6) is 1.94. The molecule has 2 aromatic carbocycles. The highest BCUT2D eigenvalue weighted by molar-refractivity contribution is 5.80. The number of nitrogens with one attached hydrogen (secondary N) is 2. The van der Waals surface area contributed by atoms with E-state index in [1.165, 1.54) is 18.4 Å². The van der Waals surface area contributed by atoms with Crippen molar-refractivity contribution in [3.05, 3.63) is 54.1 Å². The monoisotopic (exact) mass is 394 g/mol. The van der Waals surface area contributed by atoms with Crippen LogP contribution in [0.4, 0.5) is 5.69 Å². The van der Waals surface area contributed by atoms with E-state index in [1.54, 1.807) is 7.11 Å². The fourth-order valence-electron chi connectivity index (χ4n) is 4.35. The van der Waals surface area contributed by atoms with Gasteiger partial charge in [0.15, 0.2) is 11.5 Å². The largest absolute Gasteiger partial charge is 0.493 e. The first kappa shape index (κ1) is 19.6. The summed E-state index contributed by atoms with van der Waals surface area (Å²) in [5, 5.41) is 6.48. The third kappa shape index (κ3) is 4.84. The number of methoxy groups -OCH3 is 1. The number of benzene rings is 2. The molecule has 29 heavy (non-hydrogen) atoms. The third-order valence-corrected chi connectivity index (χ3v) is 6.04. The normalized spacial score (nSPS) is 22.2. The van der Waals surface area contributed by atoms with E-state index in [2.05, 4.69) is 22.8 Å². The van der Waals surface area contributed by atoms with Gasteiger partial charge < -0.3 is 20.1 Å². The minimum Gasteiger partial charge on any atom is -0.493 e. The number of amides is 1. The number of hydrogen-bond acceptors (Lipinski definition) is 4. The molecule has 1 amide bonds. The minimum atomic E-state index is -0.0599. The molecule has 0 radical (unpaired) electrons. The smallest absolute Gasteiger partial charge is 0.224 e.